The Morgan fingerprint density at radius 2 is 2.07 bits per heavy atom. The lowest BCUT2D eigenvalue weighted by Gasteiger charge is -2.31. The lowest BCUT2D eigenvalue weighted by atomic mass is 9.97. The normalized spacial score (nSPS) is 17.9. The third-order valence-electron chi connectivity index (χ3n) is 8.66. The Morgan fingerprint density at radius 3 is 2.79 bits per heavy atom. The summed E-state index contributed by atoms with van der Waals surface area (Å²) in [6.45, 7) is 2.48. The molecule has 1 saturated carbocycles. The lowest BCUT2D eigenvalue weighted by molar-refractivity contribution is -0.0506. The van der Waals surface area contributed by atoms with E-state index in [0.29, 0.717) is 42.5 Å². The summed E-state index contributed by atoms with van der Waals surface area (Å²) in [5.41, 5.74) is 5.17. The van der Waals surface area contributed by atoms with E-state index in [1.165, 1.54) is 17.7 Å². The van der Waals surface area contributed by atoms with Gasteiger partial charge in [-0.1, -0.05) is 12.1 Å². The van der Waals surface area contributed by atoms with Crippen LogP contribution in [0.15, 0.2) is 36.4 Å². The van der Waals surface area contributed by atoms with E-state index in [4.69, 9.17) is 19.6 Å². The molecule has 4 heterocycles. The fraction of sp³-hybridized carbons (Fsp3) is 0.452. The molecule has 2 aromatic heterocycles. The molecule has 0 radical (unpaired) electrons. The third-order valence-corrected chi connectivity index (χ3v) is 8.66. The van der Waals surface area contributed by atoms with E-state index in [1.54, 1.807) is 0 Å². The Hall–Kier alpha value is -4.12. The highest BCUT2D eigenvalue weighted by molar-refractivity contribution is 6.01. The lowest BCUT2D eigenvalue weighted by Crippen LogP contribution is -2.48. The van der Waals surface area contributed by atoms with Crippen LogP contribution in [0, 0.1) is 11.8 Å². The summed E-state index contributed by atoms with van der Waals surface area (Å²) in [5.74, 6) is 2.50. The number of aryl methyl sites for hydroxylation is 1. The number of halogens is 1. The Bertz CT molecular complexity index is 1690. The molecule has 42 heavy (non-hydrogen) atoms. The van der Waals surface area contributed by atoms with Crippen LogP contribution in [-0.4, -0.2) is 81.8 Å². The zero-order valence-corrected chi connectivity index (χ0v) is 23.5. The number of benzene rings is 2. The first-order valence-corrected chi connectivity index (χ1v) is 14.6. The quantitative estimate of drug-likeness (QED) is 0.293. The largest absolute Gasteiger partial charge is 0.491 e. The summed E-state index contributed by atoms with van der Waals surface area (Å²) in [4.78, 5) is 31.0. The minimum atomic E-state index is -1.31. The molecule has 2 N–H and O–H groups in total. The monoisotopic (exact) mass is 575 g/mol. The Kier molecular flexibility index (Phi) is 6.76. The van der Waals surface area contributed by atoms with E-state index in [1.807, 2.05) is 31.3 Å². The molecule has 2 fully saturated rings. The van der Waals surface area contributed by atoms with Crippen LogP contribution in [0.1, 0.15) is 28.8 Å². The minimum Gasteiger partial charge on any atom is -0.491 e. The van der Waals surface area contributed by atoms with Gasteiger partial charge in [-0.25, -0.2) is 14.2 Å². The smallest absolute Gasteiger partial charge is 0.405 e. The number of carbonyl (C=O) groups excluding carboxylic acids is 1. The maximum Gasteiger partial charge on any atom is 0.405 e. The summed E-state index contributed by atoms with van der Waals surface area (Å²) in [6, 6.07) is 11.2. The van der Waals surface area contributed by atoms with Gasteiger partial charge in [0.1, 0.15) is 12.4 Å². The van der Waals surface area contributed by atoms with Crippen molar-refractivity contribution in [3.05, 3.63) is 47.5 Å². The predicted octanol–water partition coefficient (Wildman–Crippen LogP) is 4.23. The van der Waals surface area contributed by atoms with E-state index >= 15 is 0 Å². The molecule has 4 aromatic rings. The number of amides is 2. The van der Waals surface area contributed by atoms with Gasteiger partial charge in [0, 0.05) is 43.5 Å². The van der Waals surface area contributed by atoms with Crippen molar-refractivity contribution in [2.75, 3.05) is 39.6 Å². The first-order valence-electron chi connectivity index (χ1n) is 14.6. The summed E-state index contributed by atoms with van der Waals surface area (Å²) in [5, 5.41) is 12.2. The predicted molar refractivity (Wildman–Crippen MR) is 155 cm³/mol. The van der Waals surface area contributed by atoms with Gasteiger partial charge in [0.25, 0.3) is 5.91 Å². The summed E-state index contributed by atoms with van der Waals surface area (Å²) < 4.78 is 29.5. The Balaban J connectivity index is 1.25. The van der Waals surface area contributed by atoms with Crippen LogP contribution in [-0.2, 0) is 24.8 Å². The number of hydrogen-bond donors (Lipinski definition) is 2. The number of hydrogen-bond acceptors (Lipinski definition) is 5. The van der Waals surface area contributed by atoms with Crippen molar-refractivity contribution in [1.29, 1.82) is 0 Å². The molecule has 0 unspecified atom stereocenters. The molecule has 7 rings (SSSR count). The van der Waals surface area contributed by atoms with Crippen molar-refractivity contribution >= 4 is 33.9 Å². The topological polar surface area (TPSA) is 111 Å². The van der Waals surface area contributed by atoms with Gasteiger partial charge in [0.2, 0.25) is 0 Å². The van der Waals surface area contributed by atoms with Crippen LogP contribution in [0.25, 0.3) is 33.5 Å². The van der Waals surface area contributed by atoms with Crippen LogP contribution in [0.4, 0.5) is 9.18 Å². The zero-order chi connectivity index (χ0) is 29.0. The summed E-state index contributed by atoms with van der Waals surface area (Å²) >= 11 is 0. The number of carboxylic acid groups (broad SMARTS) is 1. The number of carbonyl (C=O) groups is 2. The second kappa shape index (κ2) is 10.6. The molecular formula is C31H34FN5O5. The van der Waals surface area contributed by atoms with Gasteiger partial charge in [0.05, 0.1) is 48.1 Å². The van der Waals surface area contributed by atoms with Gasteiger partial charge in [-0.2, -0.15) is 0 Å². The summed E-state index contributed by atoms with van der Waals surface area (Å²) in [6.07, 6.45) is 1.70. The van der Waals surface area contributed by atoms with Crippen LogP contribution in [0.5, 0.6) is 5.75 Å². The molecule has 2 aromatic carbocycles. The standard InChI is InChI=1S/C31H34FN5O5/c1-35-25-9-20-7-8-36(14-22(12-32)33-31(39)40)30(38)23(20)11-24(25)34-29(35)26-10-21-3-2-4-27(42-17-19-15-41-16-19)28(21)37(26)13-18-5-6-18/h2-4,9-11,18-19,22,33H,5-8,12-17H2,1H3,(H,39,40)/t22-/m1/s1. The highest BCUT2D eigenvalue weighted by Gasteiger charge is 2.30. The van der Waals surface area contributed by atoms with Gasteiger partial charge in [0.15, 0.2) is 5.82 Å². The van der Waals surface area contributed by atoms with Crippen LogP contribution in [0.3, 0.4) is 0 Å². The average molecular weight is 576 g/mol. The Labute approximate surface area is 242 Å². The minimum absolute atomic E-state index is 0.0218. The maximum absolute atomic E-state index is 13.4. The second-order valence-electron chi connectivity index (χ2n) is 11.8. The number of aromatic nitrogens is 3. The number of fused-ring (bicyclic) bond motifs is 3. The maximum atomic E-state index is 13.4. The zero-order valence-electron chi connectivity index (χ0n) is 23.5. The van der Waals surface area contributed by atoms with Gasteiger partial charge in [-0.3, -0.25) is 4.79 Å². The average Bonchev–Trinajstić information content (AvgIpc) is 3.62. The molecule has 2 aliphatic heterocycles. The number of alkyl halides is 1. The van der Waals surface area contributed by atoms with E-state index in [0.717, 1.165) is 59.0 Å². The number of nitrogens with zero attached hydrogens (tertiary/aromatic N) is 4. The molecule has 10 nitrogen and oxygen atoms in total. The number of imidazole rings is 1. The van der Waals surface area contributed by atoms with E-state index in [9.17, 15) is 14.0 Å². The van der Waals surface area contributed by atoms with Crippen molar-refractivity contribution in [3.8, 4) is 17.3 Å². The van der Waals surface area contributed by atoms with E-state index in [-0.39, 0.29) is 12.5 Å². The van der Waals surface area contributed by atoms with Crippen molar-refractivity contribution in [1.82, 2.24) is 24.3 Å². The molecule has 2 amide bonds. The SMILES string of the molecule is Cn1c(-c2cc3cccc(OCC4COC4)c3n2CC2CC2)nc2cc3c(cc21)CCN(C[C@@H](CF)NC(=O)O)C3=O. The van der Waals surface area contributed by atoms with E-state index in [2.05, 4.69) is 26.6 Å². The first-order chi connectivity index (χ1) is 20.4. The van der Waals surface area contributed by atoms with Gasteiger partial charge in [-0.05, 0) is 55.0 Å². The fourth-order valence-corrected chi connectivity index (χ4v) is 6.12. The van der Waals surface area contributed by atoms with Gasteiger partial charge >= 0.3 is 6.09 Å². The third kappa shape index (κ3) is 4.85. The number of ether oxygens (including phenoxy) is 2. The van der Waals surface area contributed by atoms with Crippen molar-refractivity contribution < 1.29 is 28.6 Å². The molecule has 0 spiro atoms. The molecule has 11 heteroatoms. The second-order valence-corrected chi connectivity index (χ2v) is 11.8. The van der Waals surface area contributed by atoms with E-state index < -0.39 is 18.8 Å². The molecule has 1 atom stereocenters. The molecule has 1 saturated heterocycles. The number of rotatable bonds is 10. The van der Waals surface area contributed by atoms with Crippen LogP contribution >= 0.6 is 0 Å². The molecule has 3 aliphatic rings. The molecule has 0 bridgehead atoms. The first kappa shape index (κ1) is 26.8. The van der Waals surface area contributed by atoms with Crippen molar-refractivity contribution in [3.63, 3.8) is 0 Å². The number of nitrogens with one attached hydrogen (secondary N) is 1. The van der Waals surface area contributed by atoms with Crippen molar-refractivity contribution in [2.45, 2.75) is 31.8 Å². The highest BCUT2D eigenvalue weighted by Crippen LogP contribution is 2.39. The van der Waals surface area contributed by atoms with Crippen molar-refractivity contribution in [2.24, 2.45) is 18.9 Å². The molecular weight excluding hydrogens is 541 g/mol. The summed E-state index contributed by atoms with van der Waals surface area (Å²) in [7, 11) is 2.00. The molecule has 1 aliphatic carbocycles. The molecule has 220 valence electrons. The fourth-order valence-electron chi connectivity index (χ4n) is 6.12. The van der Waals surface area contributed by atoms with Gasteiger partial charge in [-0.15, -0.1) is 0 Å². The Morgan fingerprint density at radius 1 is 1.24 bits per heavy atom. The van der Waals surface area contributed by atoms with Gasteiger partial charge < -0.3 is 33.9 Å². The number of para-hydroxylation sites is 1. The van der Waals surface area contributed by atoms with Crippen LogP contribution in [0.2, 0.25) is 0 Å². The van der Waals surface area contributed by atoms with Crippen LogP contribution < -0.4 is 10.1 Å². The highest BCUT2D eigenvalue weighted by atomic mass is 19.1.